The SMILES string of the molecule is COc1ccc(OCCN(C)C(=O)CN(C)c2ccccc2)cc1. The van der Waals surface area contributed by atoms with Gasteiger partial charge in [-0.1, -0.05) is 18.2 Å². The minimum absolute atomic E-state index is 0.0553. The molecule has 0 aromatic heterocycles. The number of rotatable bonds is 8. The summed E-state index contributed by atoms with van der Waals surface area (Å²) in [7, 11) is 5.33. The van der Waals surface area contributed by atoms with Gasteiger partial charge in [-0.3, -0.25) is 4.79 Å². The van der Waals surface area contributed by atoms with Gasteiger partial charge in [0, 0.05) is 19.8 Å². The quantitative estimate of drug-likeness (QED) is 0.747. The van der Waals surface area contributed by atoms with Crippen LogP contribution in [-0.4, -0.2) is 51.7 Å². The highest BCUT2D eigenvalue weighted by Crippen LogP contribution is 2.16. The third-order valence-electron chi connectivity index (χ3n) is 3.75. The molecule has 128 valence electrons. The number of anilines is 1. The lowest BCUT2D eigenvalue weighted by Gasteiger charge is -2.23. The third-order valence-corrected chi connectivity index (χ3v) is 3.75. The van der Waals surface area contributed by atoms with E-state index in [0.29, 0.717) is 19.7 Å². The molecule has 0 saturated heterocycles. The van der Waals surface area contributed by atoms with Gasteiger partial charge in [0.05, 0.1) is 20.2 Å². The third kappa shape index (κ3) is 5.19. The molecule has 0 aliphatic rings. The van der Waals surface area contributed by atoms with Gasteiger partial charge in [-0.15, -0.1) is 0 Å². The number of hydrogen-bond acceptors (Lipinski definition) is 4. The molecule has 2 aromatic rings. The Bertz CT molecular complexity index is 629. The summed E-state index contributed by atoms with van der Waals surface area (Å²) in [4.78, 5) is 15.9. The molecule has 0 unspecified atom stereocenters. The van der Waals surface area contributed by atoms with Crippen molar-refractivity contribution in [3.05, 3.63) is 54.6 Å². The normalized spacial score (nSPS) is 10.1. The second-order valence-electron chi connectivity index (χ2n) is 5.53. The number of hydrogen-bond donors (Lipinski definition) is 0. The summed E-state index contributed by atoms with van der Waals surface area (Å²) in [5.41, 5.74) is 1.02. The van der Waals surface area contributed by atoms with Gasteiger partial charge in [0.15, 0.2) is 0 Å². The number of ether oxygens (including phenoxy) is 2. The van der Waals surface area contributed by atoms with Crippen LogP contribution in [0.1, 0.15) is 0 Å². The molecule has 0 aliphatic carbocycles. The first-order valence-electron chi connectivity index (χ1n) is 7.87. The van der Waals surface area contributed by atoms with E-state index >= 15 is 0 Å². The van der Waals surface area contributed by atoms with Crippen LogP contribution in [0.2, 0.25) is 0 Å². The molecule has 0 spiro atoms. The van der Waals surface area contributed by atoms with Crippen LogP contribution in [0.3, 0.4) is 0 Å². The van der Waals surface area contributed by atoms with E-state index in [4.69, 9.17) is 9.47 Å². The standard InChI is InChI=1S/C19H24N2O3/c1-20(13-14-24-18-11-9-17(23-3)10-12-18)19(22)15-21(2)16-7-5-4-6-8-16/h4-12H,13-15H2,1-3H3. The maximum atomic E-state index is 12.3. The van der Waals surface area contributed by atoms with E-state index < -0.39 is 0 Å². The Kier molecular flexibility index (Phi) is 6.49. The molecule has 0 bridgehead atoms. The Morgan fingerprint density at radius 1 is 0.958 bits per heavy atom. The van der Waals surface area contributed by atoms with Crippen LogP contribution in [0.15, 0.2) is 54.6 Å². The minimum Gasteiger partial charge on any atom is -0.497 e. The summed E-state index contributed by atoms with van der Waals surface area (Å²) in [5, 5.41) is 0. The van der Waals surface area contributed by atoms with Crippen molar-refractivity contribution in [3.63, 3.8) is 0 Å². The number of para-hydroxylation sites is 1. The molecule has 2 rings (SSSR count). The van der Waals surface area contributed by atoms with Crippen LogP contribution in [0.25, 0.3) is 0 Å². The average Bonchev–Trinajstić information content (AvgIpc) is 2.62. The summed E-state index contributed by atoms with van der Waals surface area (Å²) >= 11 is 0. The van der Waals surface area contributed by atoms with Gasteiger partial charge in [-0.2, -0.15) is 0 Å². The molecule has 0 saturated carbocycles. The van der Waals surface area contributed by atoms with E-state index in [1.54, 1.807) is 19.1 Å². The number of carbonyl (C=O) groups excluding carboxylic acids is 1. The zero-order valence-corrected chi connectivity index (χ0v) is 14.4. The molecule has 2 aromatic carbocycles. The Morgan fingerprint density at radius 2 is 1.58 bits per heavy atom. The van der Waals surface area contributed by atoms with Crippen molar-refractivity contribution in [1.29, 1.82) is 0 Å². The fourth-order valence-corrected chi connectivity index (χ4v) is 2.19. The highest BCUT2D eigenvalue weighted by molar-refractivity contribution is 5.81. The van der Waals surface area contributed by atoms with Gasteiger partial charge in [-0.05, 0) is 36.4 Å². The van der Waals surface area contributed by atoms with Crippen molar-refractivity contribution in [2.45, 2.75) is 0 Å². The van der Waals surface area contributed by atoms with Gasteiger partial charge in [0.25, 0.3) is 0 Å². The Morgan fingerprint density at radius 3 is 2.21 bits per heavy atom. The van der Waals surface area contributed by atoms with E-state index in [-0.39, 0.29) is 5.91 Å². The molecule has 5 nitrogen and oxygen atoms in total. The number of methoxy groups -OCH3 is 1. The van der Waals surface area contributed by atoms with Crippen molar-refractivity contribution in [2.75, 3.05) is 45.8 Å². The number of amides is 1. The topological polar surface area (TPSA) is 42.0 Å². The lowest BCUT2D eigenvalue weighted by molar-refractivity contribution is -0.128. The lowest BCUT2D eigenvalue weighted by Crippen LogP contribution is -2.38. The number of benzene rings is 2. The van der Waals surface area contributed by atoms with Crippen LogP contribution in [0.5, 0.6) is 11.5 Å². The smallest absolute Gasteiger partial charge is 0.241 e. The molecule has 0 heterocycles. The molecular weight excluding hydrogens is 304 g/mol. The first-order chi connectivity index (χ1) is 11.6. The van der Waals surface area contributed by atoms with Crippen LogP contribution in [0.4, 0.5) is 5.69 Å². The van der Waals surface area contributed by atoms with Crippen molar-refractivity contribution >= 4 is 11.6 Å². The first-order valence-corrected chi connectivity index (χ1v) is 7.87. The van der Waals surface area contributed by atoms with Crippen LogP contribution in [-0.2, 0) is 4.79 Å². The summed E-state index contributed by atoms with van der Waals surface area (Å²) in [6.45, 7) is 1.32. The summed E-state index contributed by atoms with van der Waals surface area (Å²) in [6, 6.07) is 17.2. The van der Waals surface area contributed by atoms with Gasteiger partial charge >= 0.3 is 0 Å². The summed E-state index contributed by atoms with van der Waals surface area (Å²) in [6.07, 6.45) is 0. The van der Waals surface area contributed by atoms with Crippen LogP contribution in [0, 0.1) is 0 Å². The van der Waals surface area contributed by atoms with Gasteiger partial charge < -0.3 is 19.3 Å². The van der Waals surface area contributed by atoms with Crippen molar-refractivity contribution in [2.24, 2.45) is 0 Å². The Hall–Kier alpha value is -2.69. The van der Waals surface area contributed by atoms with E-state index in [0.717, 1.165) is 17.2 Å². The van der Waals surface area contributed by atoms with Crippen molar-refractivity contribution < 1.29 is 14.3 Å². The number of nitrogens with zero attached hydrogens (tertiary/aromatic N) is 2. The lowest BCUT2D eigenvalue weighted by atomic mass is 10.3. The largest absolute Gasteiger partial charge is 0.497 e. The van der Waals surface area contributed by atoms with Gasteiger partial charge in [0.1, 0.15) is 18.1 Å². The van der Waals surface area contributed by atoms with Gasteiger partial charge in [-0.25, -0.2) is 0 Å². The molecule has 0 aliphatic heterocycles. The fraction of sp³-hybridized carbons (Fsp3) is 0.316. The molecular formula is C19H24N2O3. The van der Waals surface area contributed by atoms with Gasteiger partial charge in [0.2, 0.25) is 5.91 Å². The maximum absolute atomic E-state index is 12.3. The molecule has 1 amide bonds. The van der Waals surface area contributed by atoms with Crippen molar-refractivity contribution in [3.8, 4) is 11.5 Å². The minimum atomic E-state index is 0.0553. The van der Waals surface area contributed by atoms with E-state index in [9.17, 15) is 4.79 Å². The molecule has 24 heavy (non-hydrogen) atoms. The number of carbonyl (C=O) groups is 1. The Balaban J connectivity index is 1.75. The molecule has 0 radical (unpaired) electrons. The predicted octanol–water partition coefficient (Wildman–Crippen LogP) is 2.67. The monoisotopic (exact) mass is 328 g/mol. The molecule has 0 N–H and O–H groups in total. The van der Waals surface area contributed by atoms with E-state index in [2.05, 4.69) is 0 Å². The fourth-order valence-electron chi connectivity index (χ4n) is 2.19. The van der Waals surface area contributed by atoms with Crippen LogP contribution < -0.4 is 14.4 Å². The average molecular weight is 328 g/mol. The zero-order valence-electron chi connectivity index (χ0n) is 14.4. The van der Waals surface area contributed by atoms with Crippen LogP contribution >= 0.6 is 0 Å². The maximum Gasteiger partial charge on any atom is 0.241 e. The molecule has 5 heteroatoms. The van der Waals surface area contributed by atoms with E-state index in [1.807, 2.05) is 66.5 Å². The molecule has 0 fully saturated rings. The zero-order chi connectivity index (χ0) is 17.4. The summed E-state index contributed by atoms with van der Waals surface area (Å²) in [5.74, 6) is 1.61. The summed E-state index contributed by atoms with van der Waals surface area (Å²) < 4.78 is 10.8. The van der Waals surface area contributed by atoms with Crippen molar-refractivity contribution in [1.82, 2.24) is 4.90 Å². The van der Waals surface area contributed by atoms with E-state index in [1.165, 1.54) is 0 Å². The first kappa shape index (κ1) is 17.7. The number of likely N-dealkylation sites (N-methyl/N-ethyl adjacent to an activating group) is 2. The highest BCUT2D eigenvalue weighted by atomic mass is 16.5. The highest BCUT2D eigenvalue weighted by Gasteiger charge is 2.12. The second-order valence-corrected chi connectivity index (χ2v) is 5.53. The Labute approximate surface area is 143 Å². The second kappa shape index (κ2) is 8.82. The predicted molar refractivity (Wildman–Crippen MR) is 95.8 cm³/mol. The molecule has 0 atom stereocenters.